The van der Waals surface area contributed by atoms with Gasteiger partial charge in [-0.2, -0.15) is 0 Å². The lowest BCUT2D eigenvalue weighted by atomic mass is 10.4. The van der Waals surface area contributed by atoms with Gasteiger partial charge in [0.25, 0.3) is 0 Å². The predicted octanol–water partition coefficient (Wildman–Crippen LogP) is -1.38. The van der Waals surface area contributed by atoms with E-state index < -0.39 is 14.5 Å². The van der Waals surface area contributed by atoms with Gasteiger partial charge in [0.15, 0.2) is 8.38 Å². The molecule has 6 heteroatoms. The van der Waals surface area contributed by atoms with Gasteiger partial charge in [-0.25, -0.2) is 5.48 Å². The summed E-state index contributed by atoms with van der Waals surface area (Å²) in [7, 11) is -2.05. The Morgan fingerprint density at radius 1 is 1.44 bits per heavy atom. The number of rotatable bonds is 4. The van der Waals surface area contributed by atoms with Crippen LogP contribution >= 0.6 is 8.38 Å². The van der Waals surface area contributed by atoms with Crippen molar-refractivity contribution in [3.05, 3.63) is 0 Å². The number of aliphatic hydroxyl groups is 1. The summed E-state index contributed by atoms with van der Waals surface area (Å²) in [6.07, 6.45) is -0.987. The summed E-state index contributed by atoms with van der Waals surface area (Å²) in [6.45, 7) is -0.0417. The van der Waals surface area contributed by atoms with E-state index in [9.17, 15) is 0 Å². The van der Waals surface area contributed by atoms with Crippen LogP contribution < -0.4 is 5.48 Å². The molecule has 0 rings (SSSR count). The van der Waals surface area contributed by atoms with Crippen molar-refractivity contribution in [3.63, 3.8) is 0 Å². The molecule has 0 aliphatic heterocycles. The summed E-state index contributed by atoms with van der Waals surface area (Å²) in [6, 6.07) is 0. The van der Waals surface area contributed by atoms with Crippen molar-refractivity contribution in [3.8, 4) is 0 Å². The van der Waals surface area contributed by atoms with Crippen molar-refractivity contribution in [2.24, 2.45) is 0 Å². The summed E-state index contributed by atoms with van der Waals surface area (Å²) >= 11 is 0. The third kappa shape index (κ3) is 6.11. The zero-order valence-electron chi connectivity index (χ0n) is 4.73. The first-order valence-electron chi connectivity index (χ1n) is 2.37. The summed E-state index contributed by atoms with van der Waals surface area (Å²) in [5, 5.41) is 16.7. The Bertz CT molecular complexity index is 70.8. The van der Waals surface area contributed by atoms with Crippen LogP contribution in [-0.4, -0.2) is 38.9 Å². The highest BCUT2D eigenvalue weighted by molar-refractivity contribution is 7.45. The molecule has 0 aromatic rings. The molecule has 0 saturated heterocycles. The first-order valence-corrected chi connectivity index (χ1v) is 3.80. The van der Waals surface area contributed by atoms with Crippen molar-refractivity contribution < 1.29 is 20.1 Å². The molecular weight excluding hydrogens is 145 g/mol. The highest BCUT2D eigenvalue weighted by atomic mass is 31.2. The second-order valence-corrected chi connectivity index (χ2v) is 2.68. The van der Waals surface area contributed by atoms with E-state index in [1.165, 1.54) is 0 Å². The molecule has 0 aromatic carbocycles. The number of hydroxylamine groups is 1. The number of aliphatic hydroxyl groups excluding tert-OH is 1. The van der Waals surface area contributed by atoms with Gasteiger partial charge in [-0.05, 0) is 0 Å². The van der Waals surface area contributed by atoms with E-state index in [0.29, 0.717) is 0 Å². The van der Waals surface area contributed by atoms with Crippen LogP contribution in [-0.2, 0) is 0 Å². The van der Waals surface area contributed by atoms with Gasteiger partial charge in [0, 0.05) is 12.7 Å². The summed E-state index contributed by atoms with van der Waals surface area (Å²) in [5.74, 6) is 0. The van der Waals surface area contributed by atoms with Crippen molar-refractivity contribution in [1.29, 1.82) is 0 Å². The van der Waals surface area contributed by atoms with Crippen molar-refractivity contribution in [1.82, 2.24) is 5.48 Å². The Hall–Kier alpha value is 0.230. The molecule has 0 aliphatic carbocycles. The third-order valence-electron chi connectivity index (χ3n) is 0.701. The number of hydrogen-bond acceptors (Lipinski definition) is 5. The minimum Gasteiger partial charge on any atom is -0.391 e. The monoisotopic (exact) mass is 155 g/mol. The maximum Gasteiger partial charge on any atom is 0.167 e. The van der Waals surface area contributed by atoms with Crippen LogP contribution in [0.1, 0.15) is 0 Å². The second kappa shape index (κ2) is 5.05. The lowest BCUT2D eigenvalue weighted by molar-refractivity contribution is 0.102. The first-order chi connectivity index (χ1) is 4.16. The largest absolute Gasteiger partial charge is 0.391 e. The van der Waals surface area contributed by atoms with Crippen LogP contribution in [0.2, 0.25) is 0 Å². The van der Waals surface area contributed by atoms with Crippen molar-refractivity contribution in [2.45, 2.75) is 6.10 Å². The van der Waals surface area contributed by atoms with Gasteiger partial charge in [-0.3, -0.25) is 0 Å². The second-order valence-electron chi connectivity index (χ2n) is 1.57. The van der Waals surface area contributed by atoms with E-state index in [-0.39, 0.29) is 12.7 Å². The normalized spacial score (nSPS) is 14.3. The van der Waals surface area contributed by atoms with Gasteiger partial charge in [-0.1, -0.05) is 0 Å². The molecule has 0 spiro atoms. The molecule has 0 bridgehead atoms. The number of nitrogens with one attached hydrogen (secondary N) is 1. The Morgan fingerprint density at radius 2 is 2.00 bits per heavy atom. The fraction of sp³-hybridized carbons (Fsp3) is 1.00. The van der Waals surface area contributed by atoms with Crippen LogP contribution in [0.4, 0.5) is 0 Å². The van der Waals surface area contributed by atoms with Crippen LogP contribution in [0.3, 0.4) is 0 Å². The van der Waals surface area contributed by atoms with Crippen LogP contribution in [0.25, 0.3) is 0 Å². The van der Waals surface area contributed by atoms with Gasteiger partial charge in [0.2, 0.25) is 0 Å². The van der Waals surface area contributed by atoms with Crippen LogP contribution in [0.15, 0.2) is 0 Å². The van der Waals surface area contributed by atoms with Gasteiger partial charge in [0.05, 0.1) is 6.10 Å². The Labute approximate surface area is 53.8 Å². The van der Waals surface area contributed by atoms with Gasteiger partial charge in [-0.15, -0.1) is 0 Å². The molecule has 0 heterocycles. The maximum absolute atomic E-state index is 8.69. The van der Waals surface area contributed by atoms with Crippen LogP contribution in [0.5, 0.6) is 0 Å². The Balaban J connectivity index is 3.15. The topological polar surface area (TPSA) is 93.0 Å². The zero-order valence-corrected chi connectivity index (χ0v) is 5.62. The highest BCUT2D eigenvalue weighted by Crippen LogP contribution is 2.22. The Kier molecular flexibility index (Phi) is 5.18. The van der Waals surface area contributed by atoms with E-state index in [1.807, 2.05) is 0 Å². The Morgan fingerprint density at radius 3 is 2.33 bits per heavy atom. The number of hydrogen-bond donors (Lipinski definition) is 5. The molecule has 56 valence electrons. The van der Waals surface area contributed by atoms with E-state index in [2.05, 4.69) is 0 Å². The molecule has 5 nitrogen and oxygen atoms in total. The molecular formula is C3H10NO4P. The molecule has 0 radical (unpaired) electrons. The lowest BCUT2D eigenvalue weighted by Gasteiger charge is -2.08. The van der Waals surface area contributed by atoms with E-state index in [0.717, 1.165) is 0 Å². The van der Waals surface area contributed by atoms with E-state index in [4.69, 9.17) is 20.1 Å². The smallest absolute Gasteiger partial charge is 0.167 e. The average molecular weight is 155 g/mol. The van der Waals surface area contributed by atoms with Crippen LogP contribution in [0, 0.1) is 0 Å². The maximum atomic E-state index is 8.69. The molecule has 0 aromatic heterocycles. The molecule has 9 heavy (non-hydrogen) atoms. The van der Waals surface area contributed by atoms with Crippen molar-refractivity contribution in [2.75, 3.05) is 12.7 Å². The minimum atomic E-state index is -2.05. The standard InChI is InChI=1S/C3H10NO4P/c5-3(1-4-6)2-9(7)8/h3-8H,1-2H2. The molecule has 0 fully saturated rings. The quantitative estimate of drug-likeness (QED) is 0.255. The van der Waals surface area contributed by atoms with E-state index in [1.54, 1.807) is 5.48 Å². The third-order valence-corrected chi connectivity index (χ3v) is 1.45. The fourth-order valence-electron chi connectivity index (χ4n) is 0.358. The lowest BCUT2D eigenvalue weighted by Crippen LogP contribution is -2.26. The summed E-state index contributed by atoms with van der Waals surface area (Å²) < 4.78 is 0. The average Bonchev–Trinajstić information content (AvgIpc) is 1.63. The van der Waals surface area contributed by atoms with E-state index >= 15 is 0 Å². The predicted molar refractivity (Wildman–Crippen MR) is 32.0 cm³/mol. The molecule has 0 saturated carbocycles. The van der Waals surface area contributed by atoms with Gasteiger partial charge >= 0.3 is 0 Å². The van der Waals surface area contributed by atoms with Gasteiger partial charge in [0.1, 0.15) is 0 Å². The van der Waals surface area contributed by atoms with Crippen molar-refractivity contribution >= 4 is 8.38 Å². The molecule has 0 aliphatic rings. The minimum absolute atomic E-state index is 0.0417. The first kappa shape index (κ1) is 9.23. The fourth-order valence-corrected chi connectivity index (χ4v) is 0.865. The zero-order chi connectivity index (χ0) is 7.28. The molecule has 5 N–H and O–H groups in total. The molecule has 1 unspecified atom stereocenters. The SMILES string of the molecule is ONCC(O)CP(O)O. The summed E-state index contributed by atoms with van der Waals surface area (Å²) in [4.78, 5) is 16.6. The molecule has 1 atom stereocenters. The molecule has 0 amide bonds. The summed E-state index contributed by atoms with van der Waals surface area (Å²) in [5.41, 5.74) is 1.71. The van der Waals surface area contributed by atoms with Gasteiger partial charge < -0.3 is 20.1 Å². The highest BCUT2D eigenvalue weighted by Gasteiger charge is 2.07.